The Labute approximate surface area is 152 Å². The number of allylic oxidation sites excluding steroid dienone is 1. The van der Waals surface area contributed by atoms with Crippen LogP contribution in [0.25, 0.3) is 0 Å². The fourth-order valence-corrected chi connectivity index (χ4v) is 7.04. The standard InChI is InChI=1S/C22H34O3/c1-15(24)25-14-17-16(13-23)7-8-19-21(17,4)12-9-18-20(2,3)10-6-11-22(18,19)5/h7,13,17-19H,6,8-12,14H2,1-5H3/t17-,18?,19?,21+,22+/m1/s1. The van der Waals surface area contributed by atoms with Gasteiger partial charge in [-0.3, -0.25) is 9.59 Å². The highest BCUT2D eigenvalue weighted by atomic mass is 16.5. The van der Waals surface area contributed by atoms with E-state index in [0.717, 1.165) is 30.6 Å². The molecule has 5 atom stereocenters. The molecule has 0 amide bonds. The molecule has 0 heterocycles. The van der Waals surface area contributed by atoms with Gasteiger partial charge in [-0.15, -0.1) is 0 Å². The van der Waals surface area contributed by atoms with Crippen molar-refractivity contribution in [2.75, 3.05) is 6.61 Å². The van der Waals surface area contributed by atoms with Crippen molar-refractivity contribution in [3.05, 3.63) is 11.6 Å². The normalized spacial score (nSPS) is 42.6. The average Bonchev–Trinajstić information content (AvgIpc) is 2.51. The zero-order valence-corrected chi connectivity index (χ0v) is 16.6. The molecule has 3 rings (SSSR count). The van der Waals surface area contributed by atoms with Gasteiger partial charge in [-0.2, -0.15) is 0 Å². The number of ether oxygens (including phenoxy) is 1. The maximum atomic E-state index is 11.7. The maximum Gasteiger partial charge on any atom is 0.302 e. The second-order valence-electron chi connectivity index (χ2n) is 9.91. The molecule has 0 bridgehead atoms. The van der Waals surface area contributed by atoms with E-state index < -0.39 is 0 Å². The Morgan fingerprint density at radius 1 is 1.16 bits per heavy atom. The van der Waals surface area contributed by atoms with E-state index in [4.69, 9.17) is 4.74 Å². The summed E-state index contributed by atoms with van der Waals surface area (Å²) in [6, 6.07) is 0. The third kappa shape index (κ3) is 2.88. The molecule has 2 saturated carbocycles. The SMILES string of the molecule is CC(=O)OC[C@@H]1C(C=O)=CCC2[C@@]3(C)CCCC(C)(C)C3CC[C@]21C. The summed E-state index contributed by atoms with van der Waals surface area (Å²) in [6.07, 6.45) is 10.4. The lowest BCUT2D eigenvalue weighted by atomic mass is 9.40. The highest BCUT2D eigenvalue weighted by Crippen LogP contribution is 2.68. The molecule has 3 aliphatic carbocycles. The first kappa shape index (κ1) is 18.7. The van der Waals surface area contributed by atoms with Crippen molar-refractivity contribution in [1.82, 2.24) is 0 Å². The van der Waals surface area contributed by atoms with Gasteiger partial charge in [0.15, 0.2) is 0 Å². The molecule has 0 aliphatic heterocycles. The summed E-state index contributed by atoms with van der Waals surface area (Å²) < 4.78 is 5.40. The number of esters is 1. The Morgan fingerprint density at radius 2 is 1.88 bits per heavy atom. The number of hydrogen-bond acceptors (Lipinski definition) is 3. The van der Waals surface area contributed by atoms with Crippen LogP contribution in [0.1, 0.15) is 73.1 Å². The first-order chi connectivity index (χ1) is 11.6. The summed E-state index contributed by atoms with van der Waals surface area (Å²) in [5.41, 5.74) is 1.60. The molecule has 0 saturated heterocycles. The smallest absolute Gasteiger partial charge is 0.302 e. The number of hydrogen-bond donors (Lipinski definition) is 0. The number of rotatable bonds is 3. The summed E-state index contributed by atoms with van der Waals surface area (Å²) >= 11 is 0. The number of aldehydes is 1. The number of carbonyl (C=O) groups excluding carboxylic acids is 2. The van der Waals surface area contributed by atoms with Crippen molar-refractivity contribution in [1.29, 1.82) is 0 Å². The van der Waals surface area contributed by atoms with Gasteiger partial charge in [0.25, 0.3) is 0 Å². The minimum Gasteiger partial charge on any atom is -0.465 e. The summed E-state index contributed by atoms with van der Waals surface area (Å²) in [6.45, 7) is 11.5. The Bertz CT molecular complexity index is 590. The van der Waals surface area contributed by atoms with E-state index >= 15 is 0 Å². The van der Waals surface area contributed by atoms with Crippen LogP contribution in [0.3, 0.4) is 0 Å². The lowest BCUT2D eigenvalue weighted by Crippen LogP contribution is -2.58. The predicted octanol–water partition coefficient (Wildman–Crippen LogP) is 4.94. The monoisotopic (exact) mass is 346 g/mol. The molecular weight excluding hydrogens is 312 g/mol. The van der Waals surface area contributed by atoms with E-state index in [1.54, 1.807) is 0 Å². The van der Waals surface area contributed by atoms with Gasteiger partial charge >= 0.3 is 5.97 Å². The average molecular weight is 347 g/mol. The van der Waals surface area contributed by atoms with E-state index in [1.165, 1.54) is 32.6 Å². The molecule has 3 nitrogen and oxygen atoms in total. The molecule has 0 spiro atoms. The van der Waals surface area contributed by atoms with Crippen LogP contribution in [-0.4, -0.2) is 18.9 Å². The lowest BCUT2D eigenvalue weighted by molar-refractivity contribution is -0.160. The molecule has 2 fully saturated rings. The van der Waals surface area contributed by atoms with Crippen molar-refractivity contribution >= 4 is 12.3 Å². The van der Waals surface area contributed by atoms with Gasteiger partial charge in [0.2, 0.25) is 0 Å². The van der Waals surface area contributed by atoms with Crippen molar-refractivity contribution in [2.45, 2.75) is 73.1 Å². The molecule has 0 aromatic rings. The highest BCUT2D eigenvalue weighted by molar-refractivity contribution is 5.75. The molecule has 25 heavy (non-hydrogen) atoms. The first-order valence-electron chi connectivity index (χ1n) is 9.94. The predicted molar refractivity (Wildman–Crippen MR) is 98.9 cm³/mol. The molecule has 3 aliphatic rings. The molecule has 140 valence electrons. The van der Waals surface area contributed by atoms with Crippen molar-refractivity contribution < 1.29 is 14.3 Å². The first-order valence-corrected chi connectivity index (χ1v) is 9.94. The van der Waals surface area contributed by atoms with Crippen LogP contribution in [0.5, 0.6) is 0 Å². The van der Waals surface area contributed by atoms with Gasteiger partial charge in [0.1, 0.15) is 6.29 Å². The third-order valence-corrected chi connectivity index (χ3v) is 8.22. The fourth-order valence-electron chi connectivity index (χ4n) is 7.04. The number of carbonyl (C=O) groups is 2. The van der Waals surface area contributed by atoms with Gasteiger partial charge in [-0.1, -0.05) is 40.2 Å². The van der Waals surface area contributed by atoms with E-state index in [-0.39, 0.29) is 17.3 Å². The van der Waals surface area contributed by atoms with Crippen LogP contribution < -0.4 is 0 Å². The Kier molecular flexibility index (Phi) is 4.66. The van der Waals surface area contributed by atoms with E-state index in [2.05, 4.69) is 33.8 Å². The van der Waals surface area contributed by atoms with Crippen LogP contribution in [0, 0.1) is 34.0 Å². The van der Waals surface area contributed by atoms with Crippen LogP contribution in [0.4, 0.5) is 0 Å². The molecule has 2 unspecified atom stereocenters. The molecule has 0 N–H and O–H groups in total. The topological polar surface area (TPSA) is 43.4 Å². The Balaban J connectivity index is 1.98. The van der Waals surface area contributed by atoms with E-state index in [1.807, 2.05) is 0 Å². The zero-order chi connectivity index (χ0) is 18.5. The second-order valence-corrected chi connectivity index (χ2v) is 9.91. The lowest BCUT2D eigenvalue weighted by Gasteiger charge is -2.65. The van der Waals surface area contributed by atoms with Gasteiger partial charge in [0.05, 0.1) is 6.61 Å². The van der Waals surface area contributed by atoms with Gasteiger partial charge in [0, 0.05) is 12.8 Å². The molecule has 0 aromatic heterocycles. The molecule has 0 aromatic carbocycles. The Morgan fingerprint density at radius 3 is 2.52 bits per heavy atom. The minimum atomic E-state index is -0.255. The quantitative estimate of drug-likeness (QED) is 0.537. The molecule has 0 radical (unpaired) electrons. The zero-order valence-electron chi connectivity index (χ0n) is 16.6. The fraction of sp³-hybridized carbons (Fsp3) is 0.818. The van der Waals surface area contributed by atoms with E-state index in [0.29, 0.717) is 23.4 Å². The van der Waals surface area contributed by atoms with Gasteiger partial charge in [-0.25, -0.2) is 0 Å². The summed E-state index contributed by atoms with van der Waals surface area (Å²) in [5, 5.41) is 0. The van der Waals surface area contributed by atoms with Crippen LogP contribution in [0.2, 0.25) is 0 Å². The second kappa shape index (κ2) is 6.25. The maximum absolute atomic E-state index is 11.7. The largest absolute Gasteiger partial charge is 0.465 e. The summed E-state index contributed by atoms with van der Waals surface area (Å²) in [4.78, 5) is 23.1. The van der Waals surface area contributed by atoms with Crippen molar-refractivity contribution in [3.63, 3.8) is 0 Å². The van der Waals surface area contributed by atoms with Crippen molar-refractivity contribution in [3.8, 4) is 0 Å². The van der Waals surface area contributed by atoms with Crippen LogP contribution in [0.15, 0.2) is 11.6 Å². The minimum absolute atomic E-state index is 0.0375. The molecule has 3 heteroatoms. The summed E-state index contributed by atoms with van der Waals surface area (Å²) in [7, 11) is 0. The van der Waals surface area contributed by atoms with Crippen LogP contribution in [-0.2, 0) is 14.3 Å². The van der Waals surface area contributed by atoms with E-state index in [9.17, 15) is 9.59 Å². The number of fused-ring (bicyclic) bond motifs is 3. The van der Waals surface area contributed by atoms with Crippen LogP contribution >= 0.6 is 0 Å². The van der Waals surface area contributed by atoms with Gasteiger partial charge < -0.3 is 4.74 Å². The van der Waals surface area contributed by atoms with Crippen molar-refractivity contribution in [2.24, 2.45) is 34.0 Å². The van der Waals surface area contributed by atoms with Gasteiger partial charge in [-0.05, 0) is 65.8 Å². The highest BCUT2D eigenvalue weighted by Gasteiger charge is 2.61. The Hall–Kier alpha value is -1.12. The molecular formula is C22H34O3. The summed E-state index contributed by atoms with van der Waals surface area (Å²) in [5.74, 6) is 1.08. The third-order valence-electron chi connectivity index (χ3n) is 8.22.